The van der Waals surface area contributed by atoms with Gasteiger partial charge in [-0.15, -0.1) is 0 Å². The third kappa shape index (κ3) is 1.25. The van der Waals surface area contributed by atoms with Gasteiger partial charge < -0.3 is 10.1 Å². The monoisotopic (exact) mass is 162 g/mol. The molecule has 1 fully saturated rings. The van der Waals surface area contributed by atoms with Crippen molar-refractivity contribution >= 4 is 5.84 Å². The van der Waals surface area contributed by atoms with E-state index in [9.17, 15) is 0 Å². The average molecular weight is 162 g/mol. The van der Waals surface area contributed by atoms with Crippen LogP contribution in [0.15, 0.2) is 35.5 Å². The fourth-order valence-corrected chi connectivity index (χ4v) is 1.15. The molecule has 1 heterocycles. The van der Waals surface area contributed by atoms with Gasteiger partial charge in [-0.05, 0) is 0 Å². The number of nitrogens with zero attached hydrogens (tertiary/aromatic N) is 2. The number of oxime groups is 1. The van der Waals surface area contributed by atoms with Crippen LogP contribution < -0.4 is 0 Å². The maximum Gasteiger partial charge on any atom is 0.175 e. The van der Waals surface area contributed by atoms with Crippen LogP contribution in [-0.2, 0) is 0 Å². The lowest BCUT2D eigenvalue weighted by atomic mass is 10.2. The fraction of sp³-hybridized carbons (Fsp3) is 0.222. The molecule has 62 valence electrons. The van der Waals surface area contributed by atoms with Crippen molar-refractivity contribution in [1.82, 2.24) is 4.90 Å². The van der Waals surface area contributed by atoms with Gasteiger partial charge in [0.1, 0.15) is 0 Å². The molecule has 0 amide bonds. The van der Waals surface area contributed by atoms with Crippen molar-refractivity contribution in [3.8, 4) is 0 Å². The molecular formula is C9H10N2O. The number of hydrogen-bond donors (Lipinski definition) is 1. The van der Waals surface area contributed by atoms with Gasteiger partial charge in [0.25, 0.3) is 0 Å². The van der Waals surface area contributed by atoms with Crippen LogP contribution in [0.1, 0.15) is 5.56 Å². The van der Waals surface area contributed by atoms with E-state index < -0.39 is 0 Å². The highest BCUT2D eigenvalue weighted by molar-refractivity contribution is 5.99. The molecule has 0 saturated carbocycles. The standard InChI is InChI=1S/C9H10N2O/c12-10-9(11-6-7-11)8-4-2-1-3-5-8/h1-5,12H,6-7H2/b10-9+. The molecule has 0 aromatic heterocycles. The van der Waals surface area contributed by atoms with E-state index in [4.69, 9.17) is 5.21 Å². The van der Waals surface area contributed by atoms with Gasteiger partial charge in [0.15, 0.2) is 5.84 Å². The minimum atomic E-state index is 0.676. The van der Waals surface area contributed by atoms with E-state index in [1.807, 2.05) is 35.2 Å². The van der Waals surface area contributed by atoms with Crippen molar-refractivity contribution in [3.63, 3.8) is 0 Å². The molecule has 0 atom stereocenters. The van der Waals surface area contributed by atoms with Gasteiger partial charge in [-0.1, -0.05) is 35.5 Å². The molecule has 1 aliphatic heterocycles. The minimum absolute atomic E-state index is 0.676. The highest BCUT2D eigenvalue weighted by Crippen LogP contribution is 2.12. The Morgan fingerprint density at radius 3 is 2.42 bits per heavy atom. The van der Waals surface area contributed by atoms with Crippen molar-refractivity contribution in [3.05, 3.63) is 35.9 Å². The number of amidine groups is 1. The Labute approximate surface area is 70.9 Å². The Balaban J connectivity index is 2.28. The summed E-state index contributed by atoms with van der Waals surface area (Å²) >= 11 is 0. The predicted molar refractivity (Wildman–Crippen MR) is 46.3 cm³/mol. The quantitative estimate of drug-likeness (QED) is 0.221. The van der Waals surface area contributed by atoms with Crippen molar-refractivity contribution in [2.75, 3.05) is 13.1 Å². The normalized spacial score (nSPS) is 16.3. The zero-order valence-corrected chi connectivity index (χ0v) is 6.64. The minimum Gasteiger partial charge on any atom is -0.409 e. The first kappa shape index (κ1) is 7.16. The molecule has 1 aliphatic rings. The van der Waals surface area contributed by atoms with Crippen molar-refractivity contribution in [2.24, 2.45) is 5.16 Å². The molecule has 1 saturated heterocycles. The molecule has 1 aromatic rings. The van der Waals surface area contributed by atoms with Gasteiger partial charge in [-0.25, -0.2) is 0 Å². The van der Waals surface area contributed by atoms with Gasteiger partial charge in [0, 0.05) is 18.7 Å². The predicted octanol–water partition coefficient (Wildman–Crippen LogP) is 1.14. The Bertz CT molecular complexity index is 291. The van der Waals surface area contributed by atoms with Gasteiger partial charge >= 0.3 is 0 Å². The van der Waals surface area contributed by atoms with E-state index in [0.717, 1.165) is 18.7 Å². The molecule has 2 rings (SSSR count). The average Bonchev–Trinajstić information content (AvgIpc) is 2.92. The Morgan fingerprint density at radius 1 is 1.25 bits per heavy atom. The second-order valence-corrected chi connectivity index (χ2v) is 2.78. The van der Waals surface area contributed by atoms with E-state index >= 15 is 0 Å². The fourth-order valence-electron chi connectivity index (χ4n) is 1.15. The van der Waals surface area contributed by atoms with E-state index in [0.29, 0.717) is 5.84 Å². The van der Waals surface area contributed by atoms with Crippen molar-refractivity contribution in [1.29, 1.82) is 0 Å². The van der Waals surface area contributed by atoms with Crippen molar-refractivity contribution < 1.29 is 5.21 Å². The van der Waals surface area contributed by atoms with Crippen LogP contribution in [0.2, 0.25) is 0 Å². The third-order valence-electron chi connectivity index (χ3n) is 1.87. The van der Waals surface area contributed by atoms with Gasteiger partial charge in [-0.2, -0.15) is 0 Å². The second-order valence-electron chi connectivity index (χ2n) is 2.78. The summed E-state index contributed by atoms with van der Waals surface area (Å²) in [6, 6.07) is 9.69. The highest BCUT2D eigenvalue weighted by Gasteiger charge is 2.23. The van der Waals surface area contributed by atoms with Crippen LogP contribution in [0.5, 0.6) is 0 Å². The van der Waals surface area contributed by atoms with E-state index in [-0.39, 0.29) is 0 Å². The maximum absolute atomic E-state index is 8.74. The van der Waals surface area contributed by atoms with Crippen LogP contribution in [0.25, 0.3) is 0 Å². The van der Waals surface area contributed by atoms with Crippen LogP contribution in [0.3, 0.4) is 0 Å². The maximum atomic E-state index is 8.74. The first-order chi connectivity index (χ1) is 5.92. The lowest BCUT2D eigenvalue weighted by Crippen LogP contribution is -2.11. The summed E-state index contributed by atoms with van der Waals surface area (Å²) in [6.07, 6.45) is 0. The highest BCUT2D eigenvalue weighted by atomic mass is 16.4. The summed E-state index contributed by atoms with van der Waals surface area (Å²) in [5, 5.41) is 12.0. The summed E-state index contributed by atoms with van der Waals surface area (Å²) in [5.41, 5.74) is 0.970. The summed E-state index contributed by atoms with van der Waals surface area (Å²) < 4.78 is 0. The third-order valence-corrected chi connectivity index (χ3v) is 1.87. The Hall–Kier alpha value is -1.51. The summed E-state index contributed by atoms with van der Waals surface area (Å²) in [5.74, 6) is 0.676. The number of rotatable bonds is 1. The van der Waals surface area contributed by atoms with Crippen LogP contribution >= 0.6 is 0 Å². The van der Waals surface area contributed by atoms with Gasteiger partial charge in [0.2, 0.25) is 0 Å². The molecule has 1 N–H and O–H groups in total. The topological polar surface area (TPSA) is 35.6 Å². The molecule has 0 bridgehead atoms. The first-order valence-corrected chi connectivity index (χ1v) is 3.94. The van der Waals surface area contributed by atoms with Gasteiger partial charge in [0.05, 0.1) is 0 Å². The number of hydrogen-bond acceptors (Lipinski definition) is 2. The lowest BCUT2D eigenvalue weighted by molar-refractivity contribution is 0.314. The van der Waals surface area contributed by atoms with Crippen molar-refractivity contribution in [2.45, 2.75) is 0 Å². The molecule has 1 aromatic carbocycles. The molecule has 0 unspecified atom stereocenters. The van der Waals surface area contributed by atoms with Gasteiger partial charge in [-0.3, -0.25) is 0 Å². The first-order valence-electron chi connectivity index (χ1n) is 3.94. The van der Waals surface area contributed by atoms with E-state index in [2.05, 4.69) is 5.16 Å². The lowest BCUT2D eigenvalue weighted by Gasteiger charge is -2.03. The molecule has 3 heteroatoms. The second kappa shape index (κ2) is 2.85. The SMILES string of the molecule is O/N=C(\c1ccccc1)N1CC1. The molecule has 0 spiro atoms. The smallest absolute Gasteiger partial charge is 0.175 e. The number of benzene rings is 1. The summed E-state index contributed by atoms with van der Waals surface area (Å²) in [4.78, 5) is 2.01. The summed E-state index contributed by atoms with van der Waals surface area (Å²) in [6.45, 7) is 1.99. The molecular weight excluding hydrogens is 152 g/mol. The van der Waals surface area contributed by atoms with E-state index in [1.165, 1.54) is 0 Å². The molecule has 0 radical (unpaired) electrons. The largest absolute Gasteiger partial charge is 0.409 e. The molecule has 3 nitrogen and oxygen atoms in total. The zero-order valence-electron chi connectivity index (χ0n) is 6.64. The molecule has 12 heavy (non-hydrogen) atoms. The van der Waals surface area contributed by atoms with Crippen LogP contribution in [0.4, 0.5) is 0 Å². The molecule has 0 aliphatic carbocycles. The zero-order chi connectivity index (χ0) is 8.39. The van der Waals surface area contributed by atoms with E-state index in [1.54, 1.807) is 0 Å². The van der Waals surface area contributed by atoms with Crippen LogP contribution in [-0.4, -0.2) is 29.0 Å². The van der Waals surface area contributed by atoms with Crippen LogP contribution in [0, 0.1) is 0 Å². The summed E-state index contributed by atoms with van der Waals surface area (Å²) in [7, 11) is 0. The Morgan fingerprint density at radius 2 is 1.92 bits per heavy atom. The Kier molecular flexibility index (Phi) is 1.70.